The summed E-state index contributed by atoms with van der Waals surface area (Å²) in [6.45, 7) is 1.35. The van der Waals surface area contributed by atoms with Crippen molar-refractivity contribution in [2.75, 3.05) is 13.2 Å². The normalized spacial score (nSPS) is 18.2. The van der Waals surface area contributed by atoms with Crippen LogP contribution in [0.25, 0.3) is 0 Å². The Morgan fingerprint density at radius 2 is 1.85 bits per heavy atom. The summed E-state index contributed by atoms with van der Waals surface area (Å²) in [7, 11) is -4.11. The molecule has 0 radical (unpaired) electrons. The molecule has 0 spiro atoms. The van der Waals surface area contributed by atoms with E-state index in [2.05, 4.69) is 9.46 Å². The van der Waals surface area contributed by atoms with Crippen LogP contribution in [0.4, 0.5) is 4.79 Å². The fourth-order valence-corrected chi connectivity index (χ4v) is 3.05. The van der Waals surface area contributed by atoms with Gasteiger partial charge in [-0.2, -0.15) is 13.1 Å². The van der Waals surface area contributed by atoms with Gasteiger partial charge in [-0.05, 0) is 19.8 Å². The summed E-state index contributed by atoms with van der Waals surface area (Å²) in [4.78, 5) is 22.4. The Morgan fingerprint density at radius 1 is 1.25 bits per heavy atom. The molecule has 0 atom stereocenters. The van der Waals surface area contributed by atoms with Crippen LogP contribution in [0.5, 0.6) is 0 Å². The smallest absolute Gasteiger partial charge is 0.421 e. The third-order valence-corrected chi connectivity index (χ3v) is 4.32. The Morgan fingerprint density at radius 3 is 2.35 bits per heavy atom. The van der Waals surface area contributed by atoms with Crippen molar-refractivity contribution in [3.63, 3.8) is 0 Å². The molecule has 0 heterocycles. The summed E-state index contributed by atoms with van der Waals surface area (Å²) in [5.41, 5.74) is -1.10. The van der Waals surface area contributed by atoms with Gasteiger partial charge in [0.15, 0.2) is 0 Å². The van der Waals surface area contributed by atoms with Crippen LogP contribution in [0.3, 0.4) is 0 Å². The van der Waals surface area contributed by atoms with Crippen molar-refractivity contribution in [2.45, 2.75) is 39.0 Å². The number of ether oxygens (including phenoxy) is 1. The van der Waals surface area contributed by atoms with Crippen molar-refractivity contribution in [2.24, 2.45) is 5.41 Å². The van der Waals surface area contributed by atoms with Crippen LogP contribution in [0.15, 0.2) is 0 Å². The molecule has 0 aliphatic heterocycles. The molecular weight excluding hydrogens is 288 g/mol. The Kier molecular flexibility index (Phi) is 5.75. The number of hydrogen-bond acceptors (Lipinski definition) is 5. The SMILES string of the molecule is CCOC(=O)NS(=O)(=O)NCC1(C(=O)O)CCCCC1. The third kappa shape index (κ3) is 4.64. The predicted octanol–water partition coefficient (Wildman–Crippen LogP) is 0.602. The number of carboxylic acid groups (broad SMARTS) is 1. The highest BCUT2D eigenvalue weighted by atomic mass is 32.2. The standard InChI is InChI=1S/C11H20N2O6S/c1-2-19-10(16)13-20(17,18)12-8-11(9(14)15)6-4-3-5-7-11/h12H,2-8H2,1H3,(H,13,16)(H,14,15). The van der Waals surface area contributed by atoms with Crippen LogP contribution < -0.4 is 9.44 Å². The van der Waals surface area contributed by atoms with Crippen molar-refractivity contribution < 1.29 is 27.9 Å². The second-order valence-electron chi connectivity index (χ2n) is 4.79. The summed E-state index contributed by atoms with van der Waals surface area (Å²) in [6.07, 6.45) is 2.20. The molecule has 0 bridgehead atoms. The largest absolute Gasteiger partial charge is 0.481 e. The summed E-state index contributed by atoms with van der Waals surface area (Å²) in [6, 6.07) is 0. The summed E-state index contributed by atoms with van der Waals surface area (Å²) in [5.74, 6) is -1.02. The van der Waals surface area contributed by atoms with E-state index in [1.54, 1.807) is 11.6 Å². The van der Waals surface area contributed by atoms with Gasteiger partial charge in [0.25, 0.3) is 0 Å². The van der Waals surface area contributed by atoms with Crippen LogP contribution in [0, 0.1) is 5.41 Å². The molecule has 0 aromatic heterocycles. The first-order chi connectivity index (χ1) is 9.31. The minimum absolute atomic E-state index is 0.0421. The van der Waals surface area contributed by atoms with Crippen molar-refractivity contribution in [3.05, 3.63) is 0 Å². The van der Waals surface area contributed by atoms with Crippen molar-refractivity contribution in [1.29, 1.82) is 0 Å². The number of carbonyl (C=O) groups excluding carboxylic acids is 1. The lowest BCUT2D eigenvalue weighted by molar-refractivity contribution is -0.150. The Labute approximate surface area is 118 Å². The highest BCUT2D eigenvalue weighted by molar-refractivity contribution is 7.88. The molecule has 1 rings (SSSR count). The maximum Gasteiger partial charge on any atom is 0.421 e. The average molecular weight is 308 g/mol. The zero-order chi connectivity index (χ0) is 15.2. The van der Waals surface area contributed by atoms with Crippen molar-refractivity contribution in [3.8, 4) is 0 Å². The second-order valence-corrected chi connectivity index (χ2v) is 6.29. The Hall–Kier alpha value is -1.35. The highest BCUT2D eigenvalue weighted by Crippen LogP contribution is 2.36. The van der Waals surface area contributed by atoms with E-state index >= 15 is 0 Å². The van der Waals surface area contributed by atoms with E-state index < -0.39 is 27.7 Å². The molecule has 1 saturated carbocycles. The lowest BCUT2D eigenvalue weighted by Crippen LogP contribution is -2.48. The van der Waals surface area contributed by atoms with E-state index in [1.165, 1.54) is 0 Å². The summed E-state index contributed by atoms with van der Waals surface area (Å²) >= 11 is 0. The van der Waals surface area contributed by atoms with E-state index in [9.17, 15) is 23.1 Å². The molecule has 1 aliphatic carbocycles. The van der Waals surface area contributed by atoms with Crippen molar-refractivity contribution in [1.82, 2.24) is 9.44 Å². The topological polar surface area (TPSA) is 122 Å². The van der Waals surface area contributed by atoms with Crippen LogP contribution in [-0.2, 0) is 19.7 Å². The van der Waals surface area contributed by atoms with Crippen LogP contribution in [0.1, 0.15) is 39.0 Å². The number of aliphatic carboxylic acids is 1. The van der Waals surface area contributed by atoms with Gasteiger partial charge < -0.3 is 9.84 Å². The van der Waals surface area contributed by atoms with Gasteiger partial charge in [-0.25, -0.2) is 9.52 Å². The van der Waals surface area contributed by atoms with E-state index in [0.717, 1.165) is 19.3 Å². The average Bonchev–Trinajstić information content (AvgIpc) is 2.37. The van der Waals surface area contributed by atoms with E-state index in [0.29, 0.717) is 12.8 Å². The predicted molar refractivity (Wildman–Crippen MR) is 70.2 cm³/mol. The minimum atomic E-state index is -4.11. The van der Waals surface area contributed by atoms with Gasteiger partial charge in [-0.1, -0.05) is 19.3 Å². The van der Waals surface area contributed by atoms with Gasteiger partial charge in [0.05, 0.1) is 12.0 Å². The third-order valence-electron chi connectivity index (χ3n) is 3.36. The molecule has 0 aromatic rings. The molecular formula is C11H20N2O6S. The molecule has 0 aromatic carbocycles. The van der Waals surface area contributed by atoms with Gasteiger partial charge in [-0.15, -0.1) is 0 Å². The molecule has 1 aliphatic rings. The number of carboxylic acids is 1. The van der Waals surface area contributed by atoms with Crippen LogP contribution >= 0.6 is 0 Å². The zero-order valence-corrected chi connectivity index (χ0v) is 12.2. The van der Waals surface area contributed by atoms with Crippen LogP contribution in [0.2, 0.25) is 0 Å². The molecule has 9 heteroatoms. The van der Waals surface area contributed by atoms with Gasteiger partial charge >= 0.3 is 22.3 Å². The first-order valence-corrected chi connectivity index (χ1v) is 7.97. The molecule has 1 fully saturated rings. The second kappa shape index (κ2) is 6.89. The molecule has 1 amide bonds. The number of rotatable bonds is 6. The van der Waals surface area contributed by atoms with E-state index in [-0.39, 0.29) is 13.2 Å². The highest BCUT2D eigenvalue weighted by Gasteiger charge is 2.40. The molecule has 8 nitrogen and oxygen atoms in total. The number of hydrogen-bond donors (Lipinski definition) is 3. The lowest BCUT2D eigenvalue weighted by Gasteiger charge is -2.32. The fourth-order valence-electron chi connectivity index (χ4n) is 2.23. The van der Waals surface area contributed by atoms with Gasteiger partial charge in [0.1, 0.15) is 0 Å². The molecule has 20 heavy (non-hydrogen) atoms. The van der Waals surface area contributed by atoms with Gasteiger partial charge in [-0.3, -0.25) is 4.79 Å². The zero-order valence-electron chi connectivity index (χ0n) is 11.3. The number of nitrogens with one attached hydrogen (secondary N) is 2. The monoisotopic (exact) mass is 308 g/mol. The summed E-state index contributed by atoms with van der Waals surface area (Å²) in [5, 5.41) is 9.30. The molecule has 0 saturated heterocycles. The Balaban J connectivity index is 2.63. The quantitative estimate of drug-likeness (QED) is 0.660. The van der Waals surface area contributed by atoms with Gasteiger partial charge in [0.2, 0.25) is 0 Å². The molecule has 3 N–H and O–H groups in total. The summed E-state index contributed by atoms with van der Waals surface area (Å²) < 4.78 is 31.5. The molecule has 116 valence electrons. The maximum absolute atomic E-state index is 11.6. The lowest BCUT2D eigenvalue weighted by atomic mass is 9.74. The van der Waals surface area contributed by atoms with Gasteiger partial charge in [0, 0.05) is 6.54 Å². The Bertz CT molecular complexity index is 456. The molecule has 0 unspecified atom stereocenters. The van der Waals surface area contributed by atoms with Crippen LogP contribution in [-0.4, -0.2) is 38.7 Å². The van der Waals surface area contributed by atoms with E-state index in [4.69, 9.17) is 0 Å². The van der Waals surface area contributed by atoms with E-state index in [1.807, 2.05) is 0 Å². The maximum atomic E-state index is 11.6. The van der Waals surface area contributed by atoms with Crippen molar-refractivity contribution >= 4 is 22.3 Å². The minimum Gasteiger partial charge on any atom is -0.481 e. The first-order valence-electron chi connectivity index (χ1n) is 6.49. The number of carbonyl (C=O) groups is 2. The fraction of sp³-hybridized carbons (Fsp3) is 0.818. The first kappa shape index (κ1) is 16.7. The number of amides is 1.